The van der Waals surface area contributed by atoms with Crippen molar-refractivity contribution in [2.75, 3.05) is 33.0 Å². The van der Waals surface area contributed by atoms with Crippen molar-refractivity contribution in [3.8, 4) is 0 Å². The summed E-state index contributed by atoms with van der Waals surface area (Å²) in [7, 11) is 0. The van der Waals surface area contributed by atoms with E-state index in [-0.39, 0.29) is 12.0 Å². The van der Waals surface area contributed by atoms with Crippen LogP contribution in [0.5, 0.6) is 0 Å². The van der Waals surface area contributed by atoms with E-state index in [0.29, 0.717) is 32.5 Å². The Balaban J connectivity index is 1.78. The third kappa shape index (κ3) is 5.54. The zero-order valence-electron chi connectivity index (χ0n) is 8.94. The Morgan fingerprint density at radius 2 is 2.00 bits per heavy atom. The van der Waals surface area contributed by atoms with E-state index in [1.165, 1.54) is 0 Å². The summed E-state index contributed by atoms with van der Waals surface area (Å²) in [4.78, 5) is 0. The first-order valence-corrected chi connectivity index (χ1v) is 5.15. The number of aliphatic hydroxyl groups excluding tert-OH is 1. The highest BCUT2D eigenvalue weighted by Crippen LogP contribution is 2.08. The Labute approximate surface area is 85.2 Å². The minimum Gasteiger partial charge on any atom is -0.390 e. The van der Waals surface area contributed by atoms with Crippen molar-refractivity contribution in [2.45, 2.75) is 26.1 Å². The minimum atomic E-state index is -0.373. The molecular weight excluding hydrogens is 184 g/mol. The molecule has 0 aromatic rings. The third-order valence-corrected chi connectivity index (χ3v) is 2.14. The second-order valence-corrected chi connectivity index (χ2v) is 3.92. The molecule has 1 aliphatic rings. The minimum absolute atomic E-state index is 0.246. The van der Waals surface area contributed by atoms with Crippen molar-refractivity contribution < 1.29 is 19.3 Å². The summed E-state index contributed by atoms with van der Waals surface area (Å²) in [6, 6.07) is 0. The number of epoxide rings is 1. The lowest BCUT2D eigenvalue weighted by atomic mass is 10.1. The van der Waals surface area contributed by atoms with Crippen molar-refractivity contribution in [2.24, 2.45) is 5.92 Å². The molecule has 0 bridgehead atoms. The van der Waals surface area contributed by atoms with Crippen LogP contribution in [0.15, 0.2) is 0 Å². The Morgan fingerprint density at radius 1 is 1.36 bits per heavy atom. The summed E-state index contributed by atoms with van der Waals surface area (Å²) < 4.78 is 15.5. The van der Waals surface area contributed by atoms with Crippen molar-refractivity contribution in [3.05, 3.63) is 0 Å². The second kappa shape index (κ2) is 6.35. The lowest BCUT2D eigenvalue weighted by Crippen LogP contribution is -2.22. The van der Waals surface area contributed by atoms with Crippen LogP contribution >= 0.6 is 0 Å². The van der Waals surface area contributed by atoms with Crippen molar-refractivity contribution >= 4 is 0 Å². The van der Waals surface area contributed by atoms with E-state index in [2.05, 4.69) is 0 Å². The van der Waals surface area contributed by atoms with Crippen LogP contribution in [-0.4, -0.2) is 50.3 Å². The predicted molar refractivity (Wildman–Crippen MR) is 52.2 cm³/mol. The highest BCUT2D eigenvalue weighted by atomic mass is 16.6. The van der Waals surface area contributed by atoms with Gasteiger partial charge in [0.2, 0.25) is 0 Å². The van der Waals surface area contributed by atoms with Gasteiger partial charge in [-0.05, 0) is 5.92 Å². The number of ether oxygens (including phenoxy) is 3. The lowest BCUT2D eigenvalue weighted by Gasteiger charge is -2.14. The van der Waals surface area contributed by atoms with E-state index in [0.717, 1.165) is 6.61 Å². The van der Waals surface area contributed by atoms with Crippen molar-refractivity contribution in [1.29, 1.82) is 0 Å². The van der Waals surface area contributed by atoms with Gasteiger partial charge in [-0.1, -0.05) is 13.8 Å². The molecular formula is C10H20O4. The smallest absolute Gasteiger partial charge is 0.104 e. The van der Waals surface area contributed by atoms with Gasteiger partial charge in [-0.15, -0.1) is 0 Å². The van der Waals surface area contributed by atoms with Crippen LogP contribution in [0.1, 0.15) is 13.8 Å². The van der Waals surface area contributed by atoms with Gasteiger partial charge in [0.1, 0.15) is 6.10 Å². The Kier molecular flexibility index (Phi) is 5.40. The van der Waals surface area contributed by atoms with Crippen LogP contribution in [0, 0.1) is 5.92 Å². The molecule has 1 heterocycles. The van der Waals surface area contributed by atoms with Gasteiger partial charge in [-0.3, -0.25) is 0 Å². The summed E-state index contributed by atoms with van der Waals surface area (Å²) in [6.45, 7) is 6.93. The molecule has 0 radical (unpaired) electrons. The molecule has 1 fully saturated rings. The molecule has 1 saturated heterocycles. The fourth-order valence-corrected chi connectivity index (χ4v) is 0.893. The van der Waals surface area contributed by atoms with Crippen LogP contribution in [0.25, 0.3) is 0 Å². The maximum atomic E-state index is 9.40. The second-order valence-electron chi connectivity index (χ2n) is 3.92. The molecule has 1 rings (SSSR count). The van der Waals surface area contributed by atoms with Gasteiger partial charge < -0.3 is 19.3 Å². The monoisotopic (exact) mass is 204 g/mol. The largest absolute Gasteiger partial charge is 0.390 e. The zero-order chi connectivity index (χ0) is 10.4. The molecule has 14 heavy (non-hydrogen) atoms. The maximum Gasteiger partial charge on any atom is 0.104 e. The molecule has 0 aromatic heterocycles. The average molecular weight is 204 g/mol. The Bertz CT molecular complexity index is 145. The number of aliphatic hydroxyl groups is 1. The van der Waals surface area contributed by atoms with Crippen LogP contribution in [0.4, 0.5) is 0 Å². The first kappa shape index (κ1) is 11.9. The molecule has 1 N–H and O–H groups in total. The van der Waals surface area contributed by atoms with E-state index in [1.807, 2.05) is 13.8 Å². The molecule has 0 amide bonds. The fourth-order valence-electron chi connectivity index (χ4n) is 0.893. The number of rotatable bonds is 8. The highest BCUT2D eigenvalue weighted by Gasteiger charge is 2.21. The molecule has 4 nitrogen and oxygen atoms in total. The van der Waals surface area contributed by atoms with E-state index >= 15 is 0 Å². The third-order valence-electron chi connectivity index (χ3n) is 2.14. The molecule has 2 atom stereocenters. The zero-order valence-corrected chi connectivity index (χ0v) is 8.94. The summed E-state index contributed by atoms with van der Waals surface area (Å²) in [5.74, 6) is 0.246. The van der Waals surface area contributed by atoms with Gasteiger partial charge in [0.25, 0.3) is 0 Å². The van der Waals surface area contributed by atoms with Gasteiger partial charge >= 0.3 is 0 Å². The van der Waals surface area contributed by atoms with E-state index in [9.17, 15) is 5.11 Å². The summed E-state index contributed by atoms with van der Waals surface area (Å²) in [5, 5.41) is 9.40. The van der Waals surface area contributed by atoms with Gasteiger partial charge in [0, 0.05) is 0 Å². The normalized spacial score (nSPS) is 22.7. The van der Waals surface area contributed by atoms with E-state index < -0.39 is 0 Å². The summed E-state index contributed by atoms with van der Waals surface area (Å²) in [5.41, 5.74) is 0. The van der Waals surface area contributed by atoms with Gasteiger partial charge in [-0.2, -0.15) is 0 Å². The van der Waals surface area contributed by atoms with Crippen molar-refractivity contribution in [1.82, 2.24) is 0 Å². The SMILES string of the molecule is CC(C)C(O)COCCOCC1CO1. The Hall–Kier alpha value is -0.160. The fraction of sp³-hybridized carbons (Fsp3) is 1.00. The van der Waals surface area contributed by atoms with E-state index in [1.54, 1.807) is 0 Å². The lowest BCUT2D eigenvalue weighted by molar-refractivity contribution is -0.0127. The molecule has 84 valence electrons. The number of hydrogen-bond acceptors (Lipinski definition) is 4. The summed E-state index contributed by atoms with van der Waals surface area (Å²) >= 11 is 0. The quantitative estimate of drug-likeness (QED) is 0.460. The van der Waals surface area contributed by atoms with Crippen LogP contribution in [-0.2, 0) is 14.2 Å². The molecule has 0 aliphatic carbocycles. The predicted octanol–water partition coefficient (Wildman–Crippen LogP) is 0.435. The first-order chi connectivity index (χ1) is 6.70. The van der Waals surface area contributed by atoms with Crippen LogP contribution in [0.3, 0.4) is 0 Å². The summed E-state index contributed by atoms with van der Waals surface area (Å²) in [6.07, 6.45) is -0.0574. The van der Waals surface area contributed by atoms with E-state index in [4.69, 9.17) is 14.2 Å². The van der Waals surface area contributed by atoms with Crippen LogP contribution in [0.2, 0.25) is 0 Å². The van der Waals surface area contributed by atoms with Gasteiger partial charge in [0.15, 0.2) is 0 Å². The highest BCUT2D eigenvalue weighted by molar-refractivity contribution is 4.67. The standard InChI is InChI=1S/C10H20O4/c1-8(2)10(11)7-13-4-3-12-5-9-6-14-9/h8-11H,3-7H2,1-2H3. The molecule has 0 spiro atoms. The molecule has 4 heteroatoms. The van der Waals surface area contributed by atoms with Gasteiger partial charge in [-0.25, -0.2) is 0 Å². The molecule has 1 aliphatic heterocycles. The molecule has 2 unspecified atom stereocenters. The van der Waals surface area contributed by atoms with Gasteiger partial charge in [0.05, 0.1) is 39.1 Å². The van der Waals surface area contributed by atoms with Crippen molar-refractivity contribution in [3.63, 3.8) is 0 Å². The molecule has 0 saturated carbocycles. The molecule has 0 aromatic carbocycles. The number of hydrogen-bond donors (Lipinski definition) is 1. The van der Waals surface area contributed by atoms with Crippen LogP contribution < -0.4 is 0 Å². The Morgan fingerprint density at radius 3 is 2.57 bits per heavy atom. The first-order valence-electron chi connectivity index (χ1n) is 5.15. The topological polar surface area (TPSA) is 51.2 Å². The maximum absolute atomic E-state index is 9.40. The average Bonchev–Trinajstić information content (AvgIpc) is 2.94.